The van der Waals surface area contributed by atoms with Gasteiger partial charge in [-0.2, -0.15) is 0 Å². The van der Waals surface area contributed by atoms with Crippen molar-refractivity contribution < 1.29 is 19.4 Å². The summed E-state index contributed by atoms with van der Waals surface area (Å²) in [5.41, 5.74) is 2.04. The van der Waals surface area contributed by atoms with Crippen molar-refractivity contribution in [3.8, 4) is 11.8 Å². The zero-order valence-electron chi connectivity index (χ0n) is 13.2. The number of carbonyl (C=O) groups excluding carboxylic acids is 2. The molecular weight excluding hydrogens is 306 g/mol. The molecule has 0 unspecified atom stereocenters. The van der Waals surface area contributed by atoms with Crippen molar-refractivity contribution in [2.45, 2.75) is 6.04 Å². The quantitative estimate of drug-likeness (QED) is 0.658. The van der Waals surface area contributed by atoms with E-state index in [0.717, 1.165) is 11.1 Å². The van der Waals surface area contributed by atoms with Gasteiger partial charge in [-0.1, -0.05) is 30.0 Å². The molecule has 0 heterocycles. The van der Waals surface area contributed by atoms with Gasteiger partial charge in [0.2, 0.25) is 0 Å². The normalized spacial score (nSPS) is 10.9. The van der Waals surface area contributed by atoms with E-state index >= 15 is 0 Å². The van der Waals surface area contributed by atoms with E-state index in [1.165, 1.54) is 7.11 Å². The summed E-state index contributed by atoms with van der Waals surface area (Å²) < 4.78 is 4.50. The Labute approximate surface area is 140 Å². The zero-order valence-corrected chi connectivity index (χ0v) is 13.2. The van der Waals surface area contributed by atoms with Crippen LogP contribution >= 0.6 is 0 Å². The fourth-order valence-electron chi connectivity index (χ4n) is 1.93. The molecule has 2 aromatic carbocycles. The van der Waals surface area contributed by atoms with E-state index in [0.29, 0.717) is 5.56 Å². The van der Waals surface area contributed by atoms with Crippen LogP contribution in [0.1, 0.15) is 21.5 Å². The highest BCUT2D eigenvalue weighted by Crippen LogP contribution is 2.05. The van der Waals surface area contributed by atoms with Gasteiger partial charge in [0.25, 0.3) is 5.91 Å². The van der Waals surface area contributed by atoms with Gasteiger partial charge in [-0.05, 0) is 36.4 Å². The molecule has 0 saturated heterocycles. The molecule has 0 fully saturated rings. The summed E-state index contributed by atoms with van der Waals surface area (Å²) >= 11 is 0. The number of nitrogens with one attached hydrogen (secondary N) is 1. The molecule has 5 heteroatoms. The first kappa shape index (κ1) is 17.3. The Kier molecular flexibility index (Phi) is 6.12. The van der Waals surface area contributed by atoms with Crippen LogP contribution in [0.25, 0.3) is 0 Å². The summed E-state index contributed by atoms with van der Waals surface area (Å²) in [6, 6.07) is 15.1. The summed E-state index contributed by atoms with van der Waals surface area (Å²) in [5, 5.41) is 11.5. The van der Waals surface area contributed by atoms with Crippen molar-refractivity contribution >= 4 is 11.9 Å². The van der Waals surface area contributed by atoms with Crippen LogP contribution in [-0.2, 0) is 9.53 Å². The second-order valence-corrected chi connectivity index (χ2v) is 4.93. The SMILES string of the molecule is COC(=O)[C@H](CO)NC(=O)c1ccc(C#Cc2ccccc2)cc1. The molecule has 122 valence electrons. The van der Waals surface area contributed by atoms with E-state index in [2.05, 4.69) is 21.9 Å². The third kappa shape index (κ3) is 4.70. The molecule has 0 bridgehead atoms. The Morgan fingerprint density at radius 2 is 1.62 bits per heavy atom. The highest BCUT2D eigenvalue weighted by Gasteiger charge is 2.20. The van der Waals surface area contributed by atoms with Crippen molar-refractivity contribution in [2.24, 2.45) is 0 Å². The largest absolute Gasteiger partial charge is 0.467 e. The maximum Gasteiger partial charge on any atom is 0.330 e. The maximum atomic E-state index is 12.1. The van der Waals surface area contributed by atoms with E-state index in [-0.39, 0.29) is 0 Å². The minimum absolute atomic E-state index is 0.364. The number of rotatable bonds is 4. The topological polar surface area (TPSA) is 75.6 Å². The molecular formula is C19H17NO4. The average Bonchev–Trinajstić information content (AvgIpc) is 2.64. The van der Waals surface area contributed by atoms with Gasteiger partial charge in [-0.3, -0.25) is 4.79 Å². The Bertz CT molecular complexity index is 757. The van der Waals surface area contributed by atoms with E-state index in [1.807, 2.05) is 30.3 Å². The summed E-state index contributed by atoms with van der Waals surface area (Å²) in [6.07, 6.45) is 0. The van der Waals surface area contributed by atoms with Crippen LogP contribution in [0.15, 0.2) is 54.6 Å². The number of hydrogen-bond acceptors (Lipinski definition) is 4. The maximum absolute atomic E-state index is 12.1. The molecule has 2 N–H and O–H groups in total. The molecule has 1 atom stereocenters. The minimum Gasteiger partial charge on any atom is -0.467 e. The monoisotopic (exact) mass is 323 g/mol. The van der Waals surface area contributed by atoms with Crippen molar-refractivity contribution in [3.05, 3.63) is 71.3 Å². The number of esters is 1. The lowest BCUT2D eigenvalue weighted by Gasteiger charge is -2.13. The Morgan fingerprint density at radius 1 is 1.04 bits per heavy atom. The summed E-state index contributed by atoms with van der Waals surface area (Å²) in [7, 11) is 1.19. The number of ether oxygens (including phenoxy) is 1. The summed E-state index contributed by atoms with van der Waals surface area (Å²) in [5.74, 6) is 4.87. The molecule has 0 aliphatic heterocycles. The Morgan fingerprint density at radius 3 is 2.17 bits per heavy atom. The molecule has 0 radical (unpaired) electrons. The highest BCUT2D eigenvalue weighted by atomic mass is 16.5. The average molecular weight is 323 g/mol. The predicted octanol–water partition coefficient (Wildman–Crippen LogP) is 1.35. The third-order valence-corrected chi connectivity index (χ3v) is 3.25. The first-order chi connectivity index (χ1) is 11.6. The van der Waals surface area contributed by atoms with Crippen molar-refractivity contribution in [1.82, 2.24) is 5.32 Å². The minimum atomic E-state index is -1.08. The molecule has 0 aliphatic rings. The molecule has 1 amide bonds. The van der Waals surface area contributed by atoms with E-state index in [4.69, 9.17) is 5.11 Å². The number of aliphatic hydroxyl groups excluding tert-OH is 1. The van der Waals surface area contributed by atoms with E-state index < -0.39 is 24.5 Å². The Hall–Kier alpha value is -3.10. The van der Waals surface area contributed by atoms with Crippen LogP contribution in [0.5, 0.6) is 0 Å². The van der Waals surface area contributed by atoms with E-state index in [9.17, 15) is 9.59 Å². The number of amides is 1. The number of carbonyl (C=O) groups is 2. The summed E-state index contributed by atoms with van der Waals surface area (Å²) in [4.78, 5) is 23.4. The molecule has 0 saturated carbocycles. The molecule has 5 nitrogen and oxygen atoms in total. The van der Waals surface area contributed by atoms with Crippen LogP contribution in [0.2, 0.25) is 0 Å². The number of hydrogen-bond donors (Lipinski definition) is 2. The van der Waals surface area contributed by atoms with Gasteiger partial charge >= 0.3 is 5.97 Å². The first-order valence-corrected chi connectivity index (χ1v) is 7.30. The van der Waals surface area contributed by atoms with Crippen LogP contribution < -0.4 is 5.32 Å². The lowest BCUT2D eigenvalue weighted by molar-refractivity contribution is -0.143. The molecule has 2 rings (SSSR count). The van der Waals surface area contributed by atoms with Gasteiger partial charge in [0, 0.05) is 16.7 Å². The fraction of sp³-hybridized carbons (Fsp3) is 0.158. The van der Waals surface area contributed by atoms with Gasteiger partial charge in [-0.15, -0.1) is 0 Å². The van der Waals surface area contributed by atoms with Crippen molar-refractivity contribution in [2.75, 3.05) is 13.7 Å². The smallest absolute Gasteiger partial charge is 0.330 e. The third-order valence-electron chi connectivity index (χ3n) is 3.25. The predicted molar refractivity (Wildman–Crippen MR) is 89.2 cm³/mol. The van der Waals surface area contributed by atoms with Crippen LogP contribution in [0.3, 0.4) is 0 Å². The number of methoxy groups -OCH3 is 1. The second kappa shape index (κ2) is 8.51. The lowest BCUT2D eigenvalue weighted by atomic mass is 10.1. The van der Waals surface area contributed by atoms with Crippen LogP contribution in [-0.4, -0.2) is 36.7 Å². The molecule has 2 aromatic rings. The standard InChI is InChI=1S/C19H17NO4/c1-24-19(23)17(13-21)20-18(22)16-11-9-15(10-12-16)8-7-14-5-3-2-4-6-14/h2-6,9-12,17,21H,13H2,1H3,(H,20,22)/t17-/m0/s1. The highest BCUT2D eigenvalue weighted by molar-refractivity contribution is 5.96. The van der Waals surface area contributed by atoms with Gasteiger partial charge in [0.15, 0.2) is 6.04 Å². The number of aliphatic hydroxyl groups is 1. The van der Waals surface area contributed by atoms with Crippen LogP contribution in [0, 0.1) is 11.8 Å². The van der Waals surface area contributed by atoms with Gasteiger partial charge < -0.3 is 15.2 Å². The van der Waals surface area contributed by atoms with Gasteiger partial charge in [0.1, 0.15) is 0 Å². The van der Waals surface area contributed by atoms with Gasteiger partial charge in [0.05, 0.1) is 13.7 Å². The van der Waals surface area contributed by atoms with Crippen LogP contribution in [0.4, 0.5) is 0 Å². The Balaban J connectivity index is 2.05. The first-order valence-electron chi connectivity index (χ1n) is 7.30. The second-order valence-electron chi connectivity index (χ2n) is 4.93. The molecule has 0 spiro atoms. The number of benzene rings is 2. The lowest BCUT2D eigenvalue weighted by Crippen LogP contribution is -2.44. The molecule has 0 aromatic heterocycles. The van der Waals surface area contributed by atoms with E-state index in [1.54, 1.807) is 24.3 Å². The molecule has 24 heavy (non-hydrogen) atoms. The zero-order chi connectivity index (χ0) is 17.4. The summed E-state index contributed by atoms with van der Waals surface area (Å²) in [6.45, 7) is -0.529. The molecule has 0 aliphatic carbocycles. The van der Waals surface area contributed by atoms with Gasteiger partial charge in [-0.25, -0.2) is 4.79 Å². The fourth-order valence-corrected chi connectivity index (χ4v) is 1.93. The van der Waals surface area contributed by atoms with Crippen molar-refractivity contribution in [1.29, 1.82) is 0 Å². The van der Waals surface area contributed by atoms with Crippen molar-refractivity contribution in [3.63, 3.8) is 0 Å².